The fraction of sp³-hybridized carbons (Fsp3) is 0.667. The number of nitrogens with one attached hydrogen (secondary N) is 2. The quantitative estimate of drug-likeness (QED) is 0.414. The van der Waals surface area contributed by atoms with Gasteiger partial charge in [-0.3, -0.25) is 9.59 Å². The van der Waals surface area contributed by atoms with Crippen molar-refractivity contribution in [2.24, 2.45) is 0 Å². The number of nitro groups is 1. The van der Waals surface area contributed by atoms with Gasteiger partial charge in [-0.2, -0.15) is 10.9 Å². The molecule has 0 unspecified atom stereocenters. The number of carbonyl (C=O) groups excluding carboxylic acids is 2. The van der Waals surface area contributed by atoms with Gasteiger partial charge < -0.3 is 4.90 Å². The van der Waals surface area contributed by atoms with Crippen molar-refractivity contribution < 1.29 is 14.6 Å². The molecule has 86 valence electrons. The molecule has 2 N–H and O–H groups in total. The monoisotopic (exact) mass is 219 g/mol. The molecule has 0 aromatic rings. The van der Waals surface area contributed by atoms with Crippen LogP contribution in [0, 0.1) is 10.1 Å². The predicted octanol–water partition coefficient (Wildman–Crippen LogP) is -1.88. The second-order valence-electron chi connectivity index (χ2n) is 2.99. The van der Waals surface area contributed by atoms with E-state index in [1.165, 1.54) is 4.90 Å². The molecule has 0 rings (SSSR count). The lowest BCUT2D eigenvalue weighted by molar-refractivity contribution is -0.678. The van der Waals surface area contributed by atoms with E-state index < -0.39 is 16.8 Å². The van der Waals surface area contributed by atoms with Gasteiger partial charge >= 0.3 is 0 Å². The minimum Gasteiger partial charge on any atom is -0.301 e. The Morgan fingerprint density at radius 2 is 1.87 bits per heavy atom. The van der Waals surface area contributed by atoms with E-state index in [0.717, 1.165) is 6.92 Å². The summed E-state index contributed by atoms with van der Waals surface area (Å²) in [6, 6.07) is 0. The first-order chi connectivity index (χ1) is 6.82. The van der Waals surface area contributed by atoms with Crippen LogP contribution in [0.4, 0.5) is 0 Å². The molecule has 9 heteroatoms. The Balaban J connectivity index is 4.22. The summed E-state index contributed by atoms with van der Waals surface area (Å²) in [5, 5.41) is 9.51. The molecule has 0 aliphatic heterocycles. The molecular weight excluding hydrogens is 206 g/mol. The Morgan fingerprint density at radius 1 is 1.33 bits per heavy atom. The van der Waals surface area contributed by atoms with Gasteiger partial charge in [0, 0.05) is 6.92 Å². The summed E-state index contributed by atoms with van der Waals surface area (Å²) in [4.78, 5) is 33.5. The second-order valence-corrected chi connectivity index (χ2v) is 2.99. The first kappa shape index (κ1) is 13.1. The summed E-state index contributed by atoms with van der Waals surface area (Å²) < 4.78 is 0. The molecular formula is C6H13N5O4. The van der Waals surface area contributed by atoms with Gasteiger partial charge in [0.05, 0.1) is 11.8 Å². The number of hydrazine groups is 3. The molecule has 0 heterocycles. The number of nitrogens with zero attached hydrogens (tertiary/aromatic N) is 3. The number of carbonyl (C=O) groups is 2. The molecule has 0 radical (unpaired) electrons. The van der Waals surface area contributed by atoms with Crippen molar-refractivity contribution in [3.8, 4) is 0 Å². The molecule has 0 aliphatic carbocycles. The molecule has 0 spiro atoms. The molecule has 0 aromatic carbocycles. The summed E-state index contributed by atoms with van der Waals surface area (Å²) in [5.74, 6) is -1.26. The van der Waals surface area contributed by atoms with Gasteiger partial charge in [-0.1, -0.05) is 0 Å². The molecule has 0 fully saturated rings. The van der Waals surface area contributed by atoms with Crippen molar-refractivity contribution in [2.45, 2.75) is 6.92 Å². The lowest BCUT2D eigenvalue weighted by Crippen LogP contribution is -2.56. The average Bonchev–Trinajstić information content (AvgIpc) is 1.99. The second kappa shape index (κ2) is 5.75. The van der Waals surface area contributed by atoms with Gasteiger partial charge in [0.1, 0.15) is 0 Å². The van der Waals surface area contributed by atoms with Crippen LogP contribution in [0.2, 0.25) is 0 Å². The Hall–Kier alpha value is -1.90. The van der Waals surface area contributed by atoms with Gasteiger partial charge in [-0.15, -0.1) is 0 Å². The zero-order chi connectivity index (χ0) is 12.0. The van der Waals surface area contributed by atoms with Gasteiger partial charge in [0.15, 0.2) is 0 Å². The van der Waals surface area contributed by atoms with Gasteiger partial charge in [0.25, 0.3) is 5.91 Å². The fourth-order valence-electron chi connectivity index (χ4n) is 0.699. The van der Waals surface area contributed by atoms with Crippen molar-refractivity contribution >= 4 is 11.8 Å². The minimum absolute atomic E-state index is 0.0239. The van der Waals surface area contributed by atoms with E-state index in [1.807, 2.05) is 10.9 Å². The van der Waals surface area contributed by atoms with E-state index in [9.17, 15) is 19.7 Å². The number of amides is 2. The van der Waals surface area contributed by atoms with Crippen LogP contribution in [0.1, 0.15) is 6.92 Å². The largest absolute Gasteiger partial charge is 0.301 e. The highest BCUT2D eigenvalue weighted by molar-refractivity contribution is 5.78. The average molecular weight is 219 g/mol. The van der Waals surface area contributed by atoms with E-state index in [1.54, 1.807) is 14.1 Å². The maximum atomic E-state index is 11.1. The number of hydrogen-bond donors (Lipinski definition) is 2. The van der Waals surface area contributed by atoms with E-state index >= 15 is 0 Å². The number of likely N-dealkylation sites (N-methyl/N-ethyl adjacent to an activating group) is 1. The molecule has 0 saturated heterocycles. The zero-order valence-corrected chi connectivity index (χ0v) is 8.68. The standard InChI is InChI=1S/C6H13N5O4/c1-5(12)7-10(11(14)15)8-6(13)4-9(2)3/h4H2,1-3H3,(H,7,12)(H,8,13). The maximum Gasteiger partial charge on any atom is 0.258 e. The Labute approximate surface area is 86.1 Å². The summed E-state index contributed by atoms with van der Waals surface area (Å²) in [7, 11) is 3.27. The van der Waals surface area contributed by atoms with E-state index in [4.69, 9.17) is 0 Å². The van der Waals surface area contributed by atoms with Crippen LogP contribution in [-0.2, 0) is 9.59 Å². The molecule has 0 aliphatic rings. The zero-order valence-electron chi connectivity index (χ0n) is 8.68. The van der Waals surface area contributed by atoms with E-state index in [0.29, 0.717) is 0 Å². The normalized spacial score (nSPS) is 9.60. The third-order valence-corrected chi connectivity index (χ3v) is 1.12. The first-order valence-corrected chi connectivity index (χ1v) is 3.98. The molecule has 2 amide bonds. The predicted molar refractivity (Wildman–Crippen MR) is 49.3 cm³/mol. The van der Waals surface area contributed by atoms with E-state index in [2.05, 4.69) is 0 Å². The van der Waals surface area contributed by atoms with Crippen LogP contribution >= 0.6 is 0 Å². The smallest absolute Gasteiger partial charge is 0.258 e. The van der Waals surface area contributed by atoms with Crippen LogP contribution in [0.15, 0.2) is 0 Å². The highest BCUT2D eigenvalue weighted by Gasteiger charge is 2.18. The highest BCUT2D eigenvalue weighted by atomic mass is 16.7. The van der Waals surface area contributed by atoms with Crippen molar-refractivity contribution in [2.75, 3.05) is 20.6 Å². The van der Waals surface area contributed by atoms with Crippen molar-refractivity contribution in [1.82, 2.24) is 21.0 Å². The summed E-state index contributed by atoms with van der Waals surface area (Å²) in [5.41, 5.74) is 3.73. The third-order valence-electron chi connectivity index (χ3n) is 1.12. The van der Waals surface area contributed by atoms with Crippen LogP contribution in [0.3, 0.4) is 0 Å². The molecule has 0 aromatic heterocycles. The molecule has 0 bridgehead atoms. The molecule has 9 nitrogen and oxygen atoms in total. The van der Waals surface area contributed by atoms with Crippen molar-refractivity contribution in [3.63, 3.8) is 0 Å². The van der Waals surface area contributed by atoms with Crippen LogP contribution < -0.4 is 10.9 Å². The van der Waals surface area contributed by atoms with Crippen LogP contribution in [0.5, 0.6) is 0 Å². The van der Waals surface area contributed by atoms with Crippen molar-refractivity contribution in [3.05, 3.63) is 10.1 Å². The molecule has 15 heavy (non-hydrogen) atoms. The third kappa shape index (κ3) is 6.21. The van der Waals surface area contributed by atoms with Crippen molar-refractivity contribution in [1.29, 1.82) is 0 Å². The topological polar surface area (TPSA) is 108 Å². The van der Waals surface area contributed by atoms with Gasteiger partial charge in [0.2, 0.25) is 10.9 Å². The van der Waals surface area contributed by atoms with Gasteiger partial charge in [-0.25, -0.2) is 10.1 Å². The number of hydrogen-bond acceptors (Lipinski definition) is 5. The van der Waals surface area contributed by atoms with Crippen LogP contribution in [0.25, 0.3) is 0 Å². The lowest BCUT2D eigenvalue weighted by Gasteiger charge is -2.15. The van der Waals surface area contributed by atoms with E-state index in [-0.39, 0.29) is 11.8 Å². The Bertz CT molecular complexity index is 266. The molecule has 0 atom stereocenters. The summed E-state index contributed by atoms with van der Waals surface area (Å²) in [6.45, 7) is 1.07. The Kier molecular flexibility index (Phi) is 5.02. The maximum absolute atomic E-state index is 11.1. The summed E-state index contributed by atoms with van der Waals surface area (Å²) >= 11 is 0. The SMILES string of the molecule is CC(=O)NN(NC(=O)CN(C)C)[N+](=O)[O-]. The fourth-order valence-corrected chi connectivity index (χ4v) is 0.699. The minimum atomic E-state index is -0.949. The van der Waals surface area contributed by atoms with Crippen LogP contribution in [-0.4, -0.2) is 47.6 Å². The Morgan fingerprint density at radius 3 is 2.20 bits per heavy atom. The first-order valence-electron chi connectivity index (χ1n) is 3.98. The van der Waals surface area contributed by atoms with Gasteiger partial charge in [-0.05, 0) is 14.1 Å². The number of rotatable bonds is 5. The highest BCUT2D eigenvalue weighted by Crippen LogP contribution is 1.80. The molecule has 0 saturated carbocycles. The summed E-state index contributed by atoms with van der Waals surface area (Å²) in [6.07, 6.45) is 0. The lowest BCUT2D eigenvalue weighted by atomic mass is 10.6.